The molecule has 0 aliphatic heterocycles. The van der Waals surface area contributed by atoms with Gasteiger partial charge in [0.15, 0.2) is 5.82 Å². The quantitative estimate of drug-likeness (QED) is 0.555. The number of pyridine rings is 1. The molecule has 0 radical (unpaired) electrons. The van der Waals surface area contributed by atoms with Crippen molar-refractivity contribution in [3.63, 3.8) is 0 Å². The highest BCUT2D eigenvalue weighted by atomic mass is 32.2. The Bertz CT molecular complexity index is 1240. The Balaban J connectivity index is 1.60. The van der Waals surface area contributed by atoms with Crippen molar-refractivity contribution in [2.24, 2.45) is 0 Å². The fourth-order valence-corrected chi connectivity index (χ4v) is 4.44. The van der Waals surface area contributed by atoms with Crippen molar-refractivity contribution in [1.82, 2.24) is 15.1 Å². The predicted molar refractivity (Wildman–Crippen MR) is 106 cm³/mol. The summed E-state index contributed by atoms with van der Waals surface area (Å²) in [4.78, 5) is 8.53. The number of benzene rings is 2. The molecule has 4 aromatic rings. The van der Waals surface area contributed by atoms with Crippen LogP contribution < -0.4 is 4.72 Å². The topological polar surface area (TPSA) is 98.0 Å². The van der Waals surface area contributed by atoms with Gasteiger partial charge in [-0.05, 0) is 43.2 Å². The van der Waals surface area contributed by atoms with Crippen molar-refractivity contribution in [1.29, 1.82) is 0 Å². The van der Waals surface area contributed by atoms with Gasteiger partial charge in [0.2, 0.25) is 5.89 Å². The van der Waals surface area contributed by atoms with Crippen LogP contribution in [-0.2, 0) is 16.4 Å². The van der Waals surface area contributed by atoms with Crippen molar-refractivity contribution >= 4 is 26.5 Å². The molecular formula is C20H18N4O3S. The van der Waals surface area contributed by atoms with Gasteiger partial charge < -0.3 is 4.52 Å². The summed E-state index contributed by atoms with van der Waals surface area (Å²) in [5.41, 5.74) is 2.23. The van der Waals surface area contributed by atoms with Gasteiger partial charge in [-0.3, -0.25) is 9.71 Å². The summed E-state index contributed by atoms with van der Waals surface area (Å²) in [6.45, 7) is 3.61. The molecule has 0 atom stereocenters. The highest BCUT2D eigenvalue weighted by Gasteiger charge is 2.19. The van der Waals surface area contributed by atoms with Crippen molar-refractivity contribution < 1.29 is 12.9 Å². The summed E-state index contributed by atoms with van der Waals surface area (Å²) in [6.07, 6.45) is 3.81. The third-order valence-corrected chi connectivity index (χ3v) is 5.78. The normalized spacial score (nSPS) is 11.6. The maximum atomic E-state index is 13.0. The Kier molecular flexibility index (Phi) is 4.56. The van der Waals surface area contributed by atoms with Crippen LogP contribution in [0.15, 0.2) is 64.3 Å². The number of nitrogens with zero attached hydrogens (tertiary/aromatic N) is 3. The molecule has 2 heterocycles. The van der Waals surface area contributed by atoms with E-state index in [2.05, 4.69) is 19.8 Å². The summed E-state index contributed by atoms with van der Waals surface area (Å²) in [5, 5.41) is 5.22. The second kappa shape index (κ2) is 7.05. The molecule has 1 N–H and O–H groups in total. The van der Waals surface area contributed by atoms with Crippen LogP contribution in [0.1, 0.15) is 22.8 Å². The average molecular weight is 394 g/mol. The minimum atomic E-state index is -3.75. The maximum Gasteiger partial charge on any atom is 0.262 e. The van der Waals surface area contributed by atoms with Crippen LogP contribution in [0.2, 0.25) is 0 Å². The van der Waals surface area contributed by atoms with Crippen molar-refractivity contribution in [3.8, 4) is 0 Å². The number of aryl methyl sites for hydroxylation is 2. The van der Waals surface area contributed by atoms with Crippen LogP contribution in [0.4, 0.5) is 5.69 Å². The minimum absolute atomic E-state index is 0.232. The summed E-state index contributed by atoms with van der Waals surface area (Å²) in [7, 11) is -3.75. The highest BCUT2D eigenvalue weighted by Crippen LogP contribution is 2.27. The first-order chi connectivity index (χ1) is 13.4. The molecule has 28 heavy (non-hydrogen) atoms. The van der Waals surface area contributed by atoms with Crippen LogP contribution in [0.3, 0.4) is 0 Å². The lowest BCUT2D eigenvalue weighted by atomic mass is 10.1. The first-order valence-electron chi connectivity index (χ1n) is 8.67. The van der Waals surface area contributed by atoms with Crippen LogP contribution in [0.25, 0.3) is 10.8 Å². The molecule has 8 heteroatoms. The van der Waals surface area contributed by atoms with E-state index in [1.54, 1.807) is 43.6 Å². The molecule has 2 aromatic carbocycles. The lowest BCUT2D eigenvalue weighted by Crippen LogP contribution is -2.13. The van der Waals surface area contributed by atoms with Crippen LogP contribution >= 0.6 is 0 Å². The number of aromatic nitrogens is 3. The fraction of sp³-hybridized carbons (Fsp3) is 0.150. The number of hydrogen-bond donors (Lipinski definition) is 1. The SMILES string of the molecule is Cc1noc(Cc2ccc(NS(=O)(=O)c3cccc4cncc(C)c34)cc2)n1. The molecule has 0 saturated carbocycles. The Labute approximate surface area is 162 Å². The number of anilines is 1. The van der Waals surface area contributed by atoms with Crippen molar-refractivity contribution in [2.45, 2.75) is 25.2 Å². The minimum Gasteiger partial charge on any atom is -0.339 e. The number of hydrogen-bond acceptors (Lipinski definition) is 6. The molecule has 0 spiro atoms. The number of sulfonamides is 1. The third-order valence-electron chi connectivity index (χ3n) is 4.36. The Morgan fingerprint density at radius 1 is 1.04 bits per heavy atom. The number of nitrogens with one attached hydrogen (secondary N) is 1. The zero-order chi connectivity index (χ0) is 19.7. The summed E-state index contributed by atoms with van der Waals surface area (Å²) >= 11 is 0. The van der Waals surface area contributed by atoms with Gasteiger partial charge in [0.05, 0.1) is 11.3 Å². The zero-order valence-corrected chi connectivity index (χ0v) is 16.2. The van der Waals surface area contributed by atoms with Gasteiger partial charge in [-0.2, -0.15) is 4.98 Å². The Hall–Kier alpha value is -3.26. The van der Waals surface area contributed by atoms with Gasteiger partial charge in [-0.15, -0.1) is 0 Å². The van der Waals surface area contributed by atoms with Crippen LogP contribution in [0, 0.1) is 13.8 Å². The lowest BCUT2D eigenvalue weighted by molar-refractivity contribution is 0.381. The smallest absolute Gasteiger partial charge is 0.262 e. The monoisotopic (exact) mass is 394 g/mol. The van der Waals surface area contributed by atoms with Crippen molar-refractivity contribution in [3.05, 3.63) is 77.7 Å². The molecular weight excluding hydrogens is 376 g/mol. The van der Waals surface area contributed by atoms with Crippen LogP contribution in [0.5, 0.6) is 0 Å². The molecule has 142 valence electrons. The summed E-state index contributed by atoms with van der Waals surface area (Å²) < 4.78 is 33.7. The average Bonchev–Trinajstić information content (AvgIpc) is 3.08. The fourth-order valence-electron chi connectivity index (χ4n) is 3.08. The molecule has 4 rings (SSSR count). The maximum absolute atomic E-state index is 13.0. The second-order valence-corrected chi connectivity index (χ2v) is 8.18. The highest BCUT2D eigenvalue weighted by molar-refractivity contribution is 7.93. The van der Waals surface area contributed by atoms with E-state index in [9.17, 15) is 8.42 Å². The molecule has 0 aliphatic rings. The first-order valence-corrected chi connectivity index (χ1v) is 10.1. The van der Waals surface area contributed by atoms with E-state index >= 15 is 0 Å². The largest absolute Gasteiger partial charge is 0.339 e. The zero-order valence-electron chi connectivity index (χ0n) is 15.4. The van der Waals surface area contributed by atoms with E-state index in [0.29, 0.717) is 29.2 Å². The second-order valence-electron chi connectivity index (χ2n) is 6.53. The molecule has 0 aliphatic carbocycles. The third kappa shape index (κ3) is 3.59. The molecule has 7 nitrogen and oxygen atoms in total. The molecule has 0 bridgehead atoms. The van der Waals surface area contributed by atoms with Crippen molar-refractivity contribution in [2.75, 3.05) is 4.72 Å². The van der Waals surface area contributed by atoms with E-state index < -0.39 is 10.0 Å². The standard InChI is InChI=1S/C20H18N4O3S/c1-13-11-21-12-16-4-3-5-18(20(13)16)28(25,26)24-17-8-6-15(7-9-17)10-19-22-14(2)23-27-19/h3-9,11-12,24H,10H2,1-2H3. The van der Waals surface area contributed by atoms with Gasteiger partial charge in [0.25, 0.3) is 10.0 Å². The van der Waals surface area contributed by atoms with Gasteiger partial charge in [-0.1, -0.05) is 29.4 Å². The lowest BCUT2D eigenvalue weighted by Gasteiger charge is -2.12. The summed E-state index contributed by atoms with van der Waals surface area (Å²) in [5.74, 6) is 1.10. The first kappa shape index (κ1) is 18.1. The number of rotatable bonds is 5. The molecule has 0 amide bonds. The molecule has 0 unspecified atom stereocenters. The molecule has 2 aromatic heterocycles. The van der Waals surface area contributed by atoms with Gasteiger partial charge >= 0.3 is 0 Å². The predicted octanol–water partition coefficient (Wildman–Crippen LogP) is 3.63. The van der Waals surface area contributed by atoms with Gasteiger partial charge in [0, 0.05) is 28.9 Å². The van der Waals surface area contributed by atoms with Gasteiger partial charge in [0.1, 0.15) is 0 Å². The van der Waals surface area contributed by atoms with E-state index in [1.807, 2.05) is 25.1 Å². The van der Waals surface area contributed by atoms with E-state index in [0.717, 1.165) is 16.5 Å². The molecule has 0 fully saturated rings. The van der Waals surface area contributed by atoms with E-state index in [-0.39, 0.29) is 4.90 Å². The van der Waals surface area contributed by atoms with E-state index in [4.69, 9.17) is 4.52 Å². The van der Waals surface area contributed by atoms with E-state index in [1.165, 1.54) is 0 Å². The number of fused-ring (bicyclic) bond motifs is 1. The Morgan fingerprint density at radius 3 is 2.54 bits per heavy atom. The Morgan fingerprint density at radius 2 is 1.82 bits per heavy atom. The van der Waals surface area contributed by atoms with Gasteiger partial charge in [-0.25, -0.2) is 8.42 Å². The van der Waals surface area contributed by atoms with Crippen LogP contribution in [-0.4, -0.2) is 23.5 Å². The summed E-state index contributed by atoms with van der Waals surface area (Å²) in [6, 6.07) is 12.3. The molecule has 0 saturated heterocycles.